The van der Waals surface area contributed by atoms with E-state index >= 15 is 0 Å². The first-order chi connectivity index (χ1) is 6.65. The van der Waals surface area contributed by atoms with Crippen LogP contribution in [0.2, 0.25) is 0 Å². The molecule has 0 aliphatic rings. The molecule has 0 heterocycles. The molecule has 0 aromatic heterocycles. The third-order valence-electron chi connectivity index (χ3n) is 1.90. The monoisotopic (exact) mass is 191 g/mol. The first kappa shape index (κ1) is 10.3. The highest BCUT2D eigenvalue weighted by Gasteiger charge is 2.01. The van der Waals surface area contributed by atoms with Crippen LogP contribution in [0.3, 0.4) is 0 Å². The zero-order chi connectivity index (χ0) is 10.6. The summed E-state index contributed by atoms with van der Waals surface area (Å²) in [5.74, 6) is 0.309. The molecule has 1 rings (SSSR count). The van der Waals surface area contributed by atoms with Crippen LogP contribution in [0.25, 0.3) is 6.08 Å². The summed E-state index contributed by atoms with van der Waals surface area (Å²) in [6.45, 7) is 1.68. The molecule has 0 radical (unpaired) electrons. The molecule has 0 bridgehead atoms. The number of rotatable bonds is 3. The number of methoxy groups -OCH3 is 1. The molecule has 0 spiro atoms. The fourth-order valence-corrected chi connectivity index (χ4v) is 1.09. The van der Waals surface area contributed by atoms with Crippen LogP contribution in [0, 0.1) is 0 Å². The molecule has 3 nitrogen and oxygen atoms in total. The molecule has 0 atom stereocenters. The van der Waals surface area contributed by atoms with Crippen LogP contribution in [0.15, 0.2) is 29.8 Å². The summed E-state index contributed by atoms with van der Waals surface area (Å²) >= 11 is 0. The van der Waals surface area contributed by atoms with Crippen LogP contribution in [0.5, 0.6) is 5.75 Å². The molecule has 0 unspecified atom stereocenters. The smallest absolute Gasteiger partial charge is 0.244 e. The van der Waals surface area contributed by atoms with Gasteiger partial charge in [-0.2, -0.15) is 0 Å². The van der Waals surface area contributed by atoms with Crippen LogP contribution < -0.4 is 10.5 Å². The van der Waals surface area contributed by atoms with Crippen LogP contribution in [0.1, 0.15) is 12.5 Å². The molecular formula is C11H13NO2. The third kappa shape index (κ3) is 2.36. The van der Waals surface area contributed by atoms with Crippen molar-refractivity contribution in [3.05, 3.63) is 35.4 Å². The minimum atomic E-state index is -0.420. The lowest BCUT2D eigenvalue weighted by Crippen LogP contribution is -2.11. The Balaban J connectivity index is 3.07. The molecule has 3 heteroatoms. The van der Waals surface area contributed by atoms with Gasteiger partial charge in [0.05, 0.1) is 7.11 Å². The molecule has 1 aromatic carbocycles. The van der Waals surface area contributed by atoms with E-state index in [9.17, 15) is 4.79 Å². The van der Waals surface area contributed by atoms with Gasteiger partial charge in [-0.15, -0.1) is 0 Å². The maximum atomic E-state index is 10.8. The SMILES string of the molecule is COc1ccccc1C=C(C)C(N)=O. The van der Waals surface area contributed by atoms with Crippen molar-refractivity contribution in [2.24, 2.45) is 5.73 Å². The van der Waals surface area contributed by atoms with Crippen molar-refractivity contribution in [3.8, 4) is 5.75 Å². The number of carbonyl (C=O) groups is 1. The topological polar surface area (TPSA) is 52.3 Å². The van der Waals surface area contributed by atoms with Gasteiger partial charge in [-0.3, -0.25) is 4.79 Å². The van der Waals surface area contributed by atoms with Crippen LogP contribution in [-0.4, -0.2) is 13.0 Å². The third-order valence-corrected chi connectivity index (χ3v) is 1.90. The fourth-order valence-electron chi connectivity index (χ4n) is 1.09. The normalized spacial score (nSPS) is 11.1. The number of hydrogen-bond donors (Lipinski definition) is 1. The summed E-state index contributed by atoms with van der Waals surface area (Å²) in [5.41, 5.74) is 6.49. The van der Waals surface area contributed by atoms with Gasteiger partial charge < -0.3 is 10.5 Å². The molecule has 2 N–H and O–H groups in total. The van der Waals surface area contributed by atoms with Crippen LogP contribution in [0.4, 0.5) is 0 Å². The molecule has 0 fully saturated rings. The van der Waals surface area contributed by atoms with Crippen LogP contribution >= 0.6 is 0 Å². The minimum absolute atomic E-state index is 0.420. The van der Waals surface area contributed by atoms with Gasteiger partial charge in [0, 0.05) is 11.1 Å². The maximum absolute atomic E-state index is 10.8. The van der Waals surface area contributed by atoms with E-state index in [1.165, 1.54) is 0 Å². The minimum Gasteiger partial charge on any atom is -0.496 e. The lowest BCUT2D eigenvalue weighted by atomic mass is 10.1. The second kappa shape index (κ2) is 4.46. The number of primary amides is 1. The summed E-state index contributed by atoms with van der Waals surface area (Å²) in [7, 11) is 1.59. The predicted molar refractivity (Wildman–Crippen MR) is 55.8 cm³/mol. The Labute approximate surface area is 83.2 Å². The first-order valence-electron chi connectivity index (χ1n) is 4.26. The largest absolute Gasteiger partial charge is 0.496 e. The summed E-state index contributed by atoms with van der Waals surface area (Å²) in [6.07, 6.45) is 1.71. The van der Waals surface area contributed by atoms with Gasteiger partial charge in [0.2, 0.25) is 5.91 Å². The molecule has 0 saturated carbocycles. The second-order valence-corrected chi connectivity index (χ2v) is 2.93. The van der Waals surface area contributed by atoms with E-state index in [0.29, 0.717) is 5.57 Å². The number of carbonyl (C=O) groups excluding carboxylic acids is 1. The molecule has 0 aliphatic heterocycles. The average molecular weight is 191 g/mol. The van der Waals surface area contributed by atoms with Crippen molar-refractivity contribution in [1.29, 1.82) is 0 Å². The molecular weight excluding hydrogens is 178 g/mol. The van der Waals surface area contributed by atoms with E-state index < -0.39 is 5.91 Å². The quantitative estimate of drug-likeness (QED) is 0.737. The Hall–Kier alpha value is -1.77. The highest BCUT2D eigenvalue weighted by molar-refractivity contribution is 5.96. The van der Waals surface area contributed by atoms with E-state index in [-0.39, 0.29) is 0 Å². The summed E-state index contributed by atoms with van der Waals surface area (Å²) in [6, 6.07) is 7.45. The Morgan fingerprint density at radius 1 is 1.43 bits per heavy atom. The van der Waals surface area contributed by atoms with Gasteiger partial charge in [-0.05, 0) is 19.1 Å². The van der Waals surface area contributed by atoms with Gasteiger partial charge in [0.15, 0.2) is 0 Å². The second-order valence-electron chi connectivity index (χ2n) is 2.93. The summed E-state index contributed by atoms with van der Waals surface area (Å²) < 4.78 is 5.13. The van der Waals surface area contributed by atoms with Crippen molar-refractivity contribution >= 4 is 12.0 Å². The van der Waals surface area contributed by atoms with E-state index in [1.54, 1.807) is 20.1 Å². The van der Waals surface area contributed by atoms with Crippen molar-refractivity contribution in [2.75, 3.05) is 7.11 Å². The molecule has 0 saturated heterocycles. The molecule has 1 aromatic rings. The Kier molecular flexibility index (Phi) is 3.29. The number of para-hydroxylation sites is 1. The maximum Gasteiger partial charge on any atom is 0.244 e. The van der Waals surface area contributed by atoms with E-state index in [4.69, 9.17) is 10.5 Å². The number of ether oxygens (including phenoxy) is 1. The van der Waals surface area contributed by atoms with E-state index in [2.05, 4.69) is 0 Å². The zero-order valence-corrected chi connectivity index (χ0v) is 8.28. The lowest BCUT2D eigenvalue weighted by molar-refractivity contribution is -0.114. The Bertz CT molecular complexity index is 369. The number of benzene rings is 1. The summed E-state index contributed by atoms with van der Waals surface area (Å²) in [4.78, 5) is 10.8. The summed E-state index contributed by atoms with van der Waals surface area (Å²) in [5, 5.41) is 0. The Morgan fingerprint density at radius 2 is 2.07 bits per heavy atom. The van der Waals surface area contributed by atoms with Crippen molar-refractivity contribution in [2.45, 2.75) is 6.92 Å². The lowest BCUT2D eigenvalue weighted by Gasteiger charge is -2.04. The van der Waals surface area contributed by atoms with E-state index in [1.807, 2.05) is 24.3 Å². The van der Waals surface area contributed by atoms with E-state index in [0.717, 1.165) is 11.3 Å². The molecule has 74 valence electrons. The molecule has 0 aliphatic carbocycles. The van der Waals surface area contributed by atoms with Gasteiger partial charge >= 0.3 is 0 Å². The number of amides is 1. The predicted octanol–water partition coefficient (Wildman–Crippen LogP) is 1.58. The average Bonchev–Trinajstić information content (AvgIpc) is 2.18. The molecule has 14 heavy (non-hydrogen) atoms. The van der Waals surface area contributed by atoms with Gasteiger partial charge in [-0.25, -0.2) is 0 Å². The highest BCUT2D eigenvalue weighted by atomic mass is 16.5. The van der Waals surface area contributed by atoms with Crippen molar-refractivity contribution in [1.82, 2.24) is 0 Å². The number of hydrogen-bond acceptors (Lipinski definition) is 2. The van der Waals surface area contributed by atoms with Gasteiger partial charge in [-0.1, -0.05) is 18.2 Å². The standard InChI is InChI=1S/C11H13NO2/c1-8(11(12)13)7-9-5-3-4-6-10(9)14-2/h3-7H,1-2H3,(H2,12,13). The fraction of sp³-hybridized carbons (Fsp3) is 0.182. The van der Waals surface area contributed by atoms with Gasteiger partial charge in [0.25, 0.3) is 0 Å². The first-order valence-corrected chi connectivity index (χ1v) is 4.26. The zero-order valence-electron chi connectivity index (χ0n) is 8.28. The highest BCUT2D eigenvalue weighted by Crippen LogP contribution is 2.19. The van der Waals surface area contributed by atoms with Crippen molar-refractivity contribution in [3.63, 3.8) is 0 Å². The number of nitrogens with two attached hydrogens (primary N) is 1. The molecule has 1 amide bonds. The Morgan fingerprint density at radius 3 is 2.64 bits per heavy atom. The van der Waals surface area contributed by atoms with Crippen LogP contribution in [-0.2, 0) is 4.79 Å². The van der Waals surface area contributed by atoms with Crippen molar-refractivity contribution < 1.29 is 9.53 Å². The van der Waals surface area contributed by atoms with Gasteiger partial charge in [0.1, 0.15) is 5.75 Å².